The molecule has 0 aliphatic rings. The average Bonchev–Trinajstić information content (AvgIpc) is 2.70. The van der Waals surface area contributed by atoms with Crippen molar-refractivity contribution in [3.63, 3.8) is 0 Å². The molecule has 2 N–H and O–H groups in total. The zero-order chi connectivity index (χ0) is 18.6. The Balaban J connectivity index is 1.59. The van der Waals surface area contributed by atoms with E-state index in [-0.39, 0.29) is 0 Å². The molecule has 0 saturated carbocycles. The van der Waals surface area contributed by atoms with Crippen molar-refractivity contribution in [3.05, 3.63) is 84.7 Å². The number of aromatic nitrogens is 2. The summed E-state index contributed by atoms with van der Waals surface area (Å²) in [5.41, 5.74) is 7.90. The Kier molecular flexibility index (Phi) is 4.58. The van der Waals surface area contributed by atoms with Crippen LogP contribution in [0.1, 0.15) is 5.56 Å². The number of rotatable bonds is 5. The quantitative estimate of drug-likeness (QED) is 0.564. The standard InChI is InChI=1S/C22H20N4O/c1-26(14-16-7-3-2-4-8-16)21-20(23)22(25-15-24-21)27-19-12-11-17-9-5-6-10-18(17)13-19/h2-13,15H,14,23H2,1H3. The van der Waals surface area contributed by atoms with Crippen molar-refractivity contribution >= 4 is 22.3 Å². The van der Waals surface area contributed by atoms with Crippen LogP contribution < -0.4 is 15.4 Å². The largest absolute Gasteiger partial charge is 0.437 e. The zero-order valence-corrected chi connectivity index (χ0v) is 15.0. The molecule has 0 unspecified atom stereocenters. The summed E-state index contributed by atoms with van der Waals surface area (Å²) in [7, 11) is 1.95. The molecule has 5 heteroatoms. The summed E-state index contributed by atoms with van der Waals surface area (Å²) in [6.45, 7) is 0.692. The van der Waals surface area contributed by atoms with Crippen molar-refractivity contribution in [2.75, 3.05) is 17.7 Å². The van der Waals surface area contributed by atoms with E-state index in [2.05, 4.69) is 28.2 Å². The fourth-order valence-electron chi connectivity index (χ4n) is 3.03. The minimum Gasteiger partial charge on any atom is -0.437 e. The lowest BCUT2D eigenvalue weighted by molar-refractivity contribution is 0.465. The normalized spacial score (nSPS) is 10.7. The summed E-state index contributed by atoms with van der Waals surface area (Å²) in [5, 5.41) is 2.26. The second kappa shape index (κ2) is 7.33. The van der Waals surface area contributed by atoms with E-state index in [1.807, 2.05) is 66.5 Å². The average molecular weight is 356 g/mol. The van der Waals surface area contributed by atoms with E-state index in [0.29, 0.717) is 29.7 Å². The van der Waals surface area contributed by atoms with E-state index in [1.54, 1.807) is 0 Å². The SMILES string of the molecule is CN(Cc1ccccc1)c1ncnc(Oc2ccc3ccccc3c2)c1N. The maximum Gasteiger partial charge on any atom is 0.248 e. The van der Waals surface area contributed by atoms with E-state index in [1.165, 1.54) is 11.9 Å². The monoisotopic (exact) mass is 356 g/mol. The molecule has 0 fully saturated rings. The first-order valence-electron chi connectivity index (χ1n) is 8.73. The van der Waals surface area contributed by atoms with E-state index in [4.69, 9.17) is 10.5 Å². The third-order valence-corrected chi connectivity index (χ3v) is 4.39. The van der Waals surface area contributed by atoms with Crippen molar-refractivity contribution in [3.8, 4) is 11.6 Å². The molecule has 134 valence electrons. The topological polar surface area (TPSA) is 64.3 Å². The lowest BCUT2D eigenvalue weighted by atomic mass is 10.1. The van der Waals surface area contributed by atoms with Gasteiger partial charge >= 0.3 is 0 Å². The van der Waals surface area contributed by atoms with Gasteiger partial charge in [0.1, 0.15) is 17.8 Å². The van der Waals surface area contributed by atoms with Crippen LogP contribution in [0.15, 0.2) is 79.1 Å². The maximum atomic E-state index is 6.31. The predicted molar refractivity (Wildman–Crippen MR) is 109 cm³/mol. The van der Waals surface area contributed by atoms with Gasteiger partial charge < -0.3 is 15.4 Å². The van der Waals surface area contributed by atoms with E-state index in [0.717, 1.165) is 10.8 Å². The highest BCUT2D eigenvalue weighted by atomic mass is 16.5. The van der Waals surface area contributed by atoms with Crippen LogP contribution in [0, 0.1) is 0 Å². The van der Waals surface area contributed by atoms with Crippen LogP contribution in [-0.4, -0.2) is 17.0 Å². The molecule has 1 heterocycles. The van der Waals surface area contributed by atoms with Gasteiger partial charge in [0.15, 0.2) is 5.82 Å². The van der Waals surface area contributed by atoms with Crippen molar-refractivity contribution in [2.45, 2.75) is 6.54 Å². The van der Waals surface area contributed by atoms with Crippen molar-refractivity contribution < 1.29 is 4.74 Å². The summed E-state index contributed by atoms with van der Waals surface area (Å²) < 4.78 is 5.96. The number of nitrogens with two attached hydrogens (primary N) is 1. The van der Waals surface area contributed by atoms with Crippen LogP contribution in [0.4, 0.5) is 11.5 Å². The third-order valence-electron chi connectivity index (χ3n) is 4.39. The van der Waals surface area contributed by atoms with Gasteiger partial charge in [-0.05, 0) is 28.5 Å². The molecule has 0 spiro atoms. The zero-order valence-electron chi connectivity index (χ0n) is 15.0. The summed E-state index contributed by atoms with van der Waals surface area (Å²) in [6.07, 6.45) is 1.48. The number of nitrogens with zero attached hydrogens (tertiary/aromatic N) is 3. The molecule has 0 atom stereocenters. The van der Waals surface area contributed by atoms with Gasteiger partial charge in [0.05, 0.1) is 0 Å². The number of nitrogen functional groups attached to an aromatic ring is 1. The molecule has 4 rings (SSSR count). The van der Waals surface area contributed by atoms with Gasteiger partial charge in [-0.1, -0.05) is 60.7 Å². The maximum absolute atomic E-state index is 6.31. The van der Waals surface area contributed by atoms with Gasteiger partial charge in [-0.25, -0.2) is 4.98 Å². The Labute approximate surface area is 158 Å². The van der Waals surface area contributed by atoms with Crippen LogP contribution in [-0.2, 0) is 6.54 Å². The number of fused-ring (bicyclic) bond motifs is 1. The van der Waals surface area contributed by atoms with E-state index >= 15 is 0 Å². The number of hydrogen-bond donors (Lipinski definition) is 1. The number of benzene rings is 3. The first-order valence-corrected chi connectivity index (χ1v) is 8.73. The minimum atomic E-state index is 0.357. The Morgan fingerprint density at radius 3 is 2.44 bits per heavy atom. The highest BCUT2D eigenvalue weighted by molar-refractivity contribution is 5.83. The van der Waals surface area contributed by atoms with Gasteiger partial charge in [0.25, 0.3) is 0 Å². The van der Waals surface area contributed by atoms with Crippen LogP contribution in [0.3, 0.4) is 0 Å². The predicted octanol–water partition coefficient (Wildman–Crippen LogP) is 4.64. The molecule has 4 aromatic rings. The third kappa shape index (κ3) is 3.67. The van der Waals surface area contributed by atoms with Crippen LogP contribution in [0.5, 0.6) is 11.6 Å². The molecule has 1 aromatic heterocycles. The highest BCUT2D eigenvalue weighted by Crippen LogP contribution is 2.32. The smallest absolute Gasteiger partial charge is 0.248 e. The molecule has 27 heavy (non-hydrogen) atoms. The van der Waals surface area contributed by atoms with E-state index in [9.17, 15) is 0 Å². The summed E-state index contributed by atoms with van der Waals surface area (Å²) >= 11 is 0. The highest BCUT2D eigenvalue weighted by Gasteiger charge is 2.14. The molecule has 0 aliphatic carbocycles. The molecule has 0 aliphatic heterocycles. The van der Waals surface area contributed by atoms with Crippen LogP contribution in [0.2, 0.25) is 0 Å². The van der Waals surface area contributed by atoms with Crippen molar-refractivity contribution in [1.82, 2.24) is 9.97 Å². The molecule has 0 bridgehead atoms. The lowest BCUT2D eigenvalue weighted by Gasteiger charge is -2.20. The second-order valence-electron chi connectivity index (χ2n) is 6.37. The molecule has 0 saturated heterocycles. The van der Waals surface area contributed by atoms with Crippen molar-refractivity contribution in [1.29, 1.82) is 0 Å². The van der Waals surface area contributed by atoms with E-state index < -0.39 is 0 Å². The molecular formula is C22H20N4O. The minimum absolute atomic E-state index is 0.357. The van der Waals surface area contributed by atoms with Gasteiger partial charge in [-0.2, -0.15) is 4.98 Å². The summed E-state index contributed by atoms with van der Waals surface area (Å²) in [5.74, 6) is 1.69. The van der Waals surface area contributed by atoms with Crippen LogP contribution >= 0.6 is 0 Å². The Hall–Kier alpha value is -3.60. The first kappa shape index (κ1) is 16.8. The van der Waals surface area contributed by atoms with Gasteiger partial charge in [-0.15, -0.1) is 0 Å². The molecule has 0 radical (unpaired) electrons. The van der Waals surface area contributed by atoms with Gasteiger partial charge in [0, 0.05) is 13.6 Å². The number of ether oxygens (including phenoxy) is 1. The Morgan fingerprint density at radius 1 is 0.889 bits per heavy atom. The summed E-state index contributed by atoms with van der Waals surface area (Å²) in [4.78, 5) is 10.5. The molecule has 3 aromatic carbocycles. The fraction of sp³-hybridized carbons (Fsp3) is 0.0909. The van der Waals surface area contributed by atoms with Gasteiger partial charge in [0.2, 0.25) is 5.88 Å². The fourth-order valence-corrected chi connectivity index (χ4v) is 3.03. The molecule has 5 nitrogen and oxygen atoms in total. The first-order chi connectivity index (χ1) is 13.2. The number of hydrogen-bond acceptors (Lipinski definition) is 5. The Bertz CT molecular complexity index is 1070. The lowest BCUT2D eigenvalue weighted by Crippen LogP contribution is -2.19. The van der Waals surface area contributed by atoms with Crippen LogP contribution in [0.25, 0.3) is 10.8 Å². The van der Waals surface area contributed by atoms with Gasteiger partial charge in [-0.3, -0.25) is 0 Å². The number of anilines is 2. The summed E-state index contributed by atoms with van der Waals surface area (Å²) in [6, 6.07) is 24.2. The molecular weight excluding hydrogens is 336 g/mol. The Morgan fingerprint density at radius 2 is 1.63 bits per heavy atom. The van der Waals surface area contributed by atoms with Crippen molar-refractivity contribution in [2.24, 2.45) is 0 Å². The second-order valence-corrected chi connectivity index (χ2v) is 6.37. The molecule has 0 amide bonds.